The van der Waals surface area contributed by atoms with Gasteiger partial charge in [0, 0.05) is 48.1 Å². The van der Waals surface area contributed by atoms with Crippen molar-refractivity contribution in [3.63, 3.8) is 0 Å². The summed E-state index contributed by atoms with van der Waals surface area (Å²) in [6.45, 7) is 6.38. The zero-order valence-electron chi connectivity index (χ0n) is 21.7. The Balaban J connectivity index is 1.70. The number of aliphatic hydroxyl groups excluding tert-OH is 1. The highest BCUT2D eigenvalue weighted by Crippen LogP contribution is 2.43. The van der Waals surface area contributed by atoms with Crippen LogP contribution in [0.15, 0.2) is 84.6 Å². The molecule has 2 heterocycles. The zero-order chi connectivity index (χ0) is 26.5. The number of para-hydroxylation sites is 1. The van der Waals surface area contributed by atoms with E-state index in [9.17, 15) is 14.7 Å². The number of carbonyl (C=O) groups is 2. The number of aliphatic hydroxyl groups is 1. The number of aromatic nitrogens is 1. The fraction of sp³-hybridized carbons (Fsp3) is 0.226. The van der Waals surface area contributed by atoms with Crippen LogP contribution in [0.5, 0.6) is 0 Å². The minimum atomic E-state index is -0.773. The van der Waals surface area contributed by atoms with Crippen LogP contribution in [0.1, 0.15) is 43.5 Å². The Morgan fingerprint density at radius 1 is 0.919 bits per heavy atom. The second-order valence-electron chi connectivity index (χ2n) is 10.7. The molecule has 4 aromatic rings. The summed E-state index contributed by atoms with van der Waals surface area (Å²) in [5.41, 5.74) is 4.82. The first-order valence-electron chi connectivity index (χ1n) is 12.3. The molecule has 6 heteroatoms. The normalized spacial score (nSPS) is 17.5. The number of aromatic amines is 1. The summed E-state index contributed by atoms with van der Waals surface area (Å²) in [5, 5.41) is 12.3. The van der Waals surface area contributed by atoms with E-state index < -0.39 is 17.7 Å². The van der Waals surface area contributed by atoms with Gasteiger partial charge in [-0.2, -0.15) is 0 Å². The third kappa shape index (κ3) is 4.18. The summed E-state index contributed by atoms with van der Waals surface area (Å²) in [6.07, 6.45) is 1.68. The summed E-state index contributed by atoms with van der Waals surface area (Å²) >= 11 is 0. The molecule has 37 heavy (non-hydrogen) atoms. The van der Waals surface area contributed by atoms with Crippen molar-refractivity contribution < 1.29 is 14.7 Å². The molecule has 0 saturated carbocycles. The molecule has 6 nitrogen and oxygen atoms in total. The van der Waals surface area contributed by atoms with E-state index in [0.29, 0.717) is 11.3 Å². The highest BCUT2D eigenvalue weighted by molar-refractivity contribution is 6.51. The molecule has 1 unspecified atom stereocenters. The lowest BCUT2D eigenvalue weighted by Gasteiger charge is -2.27. The number of H-pyrrole nitrogens is 1. The standard InChI is InChI=1S/C31H31N3O3/c1-31(2,3)20-12-16-22(17-13-20)34-27(19-10-14-21(15-11-19)33(4)5)26(29(36)30(34)37)28(35)24-18-32-25-9-7-6-8-23(24)25/h6-18,27,32,35H,1-5H3/b28-26-. The number of ketones is 1. The Bertz CT molecular complexity index is 1520. The summed E-state index contributed by atoms with van der Waals surface area (Å²) < 4.78 is 0. The topological polar surface area (TPSA) is 76.6 Å². The molecular formula is C31H31N3O3. The van der Waals surface area contributed by atoms with E-state index in [2.05, 4.69) is 25.8 Å². The second kappa shape index (κ2) is 8.96. The predicted molar refractivity (Wildman–Crippen MR) is 149 cm³/mol. The van der Waals surface area contributed by atoms with Crippen LogP contribution in [0.4, 0.5) is 11.4 Å². The first-order valence-corrected chi connectivity index (χ1v) is 12.3. The quantitative estimate of drug-likeness (QED) is 0.203. The SMILES string of the molecule is CN(C)c1ccc(C2/C(=C(/O)c3c[nH]c4ccccc34)C(=O)C(=O)N2c2ccc(C(C)(C)C)cc2)cc1. The van der Waals surface area contributed by atoms with Crippen molar-refractivity contribution in [1.29, 1.82) is 0 Å². The molecule has 1 saturated heterocycles. The van der Waals surface area contributed by atoms with Crippen molar-refractivity contribution in [2.45, 2.75) is 32.2 Å². The number of fused-ring (bicyclic) bond motifs is 1. The lowest BCUT2D eigenvalue weighted by Crippen LogP contribution is -2.29. The van der Waals surface area contributed by atoms with E-state index in [1.165, 1.54) is 4.90 Å². The van der Waals surface area contributed by atoms with Crippen molar-refractivity contribution in [3.8, 4) is 0 Å². The minimum absolute atomic E-state index is 0.0521. The van der Waals surface area contributed by atoms with E-state index >= 15 is 0 Å². The predicted octanol–water partition coefficient (Wildman–Crippen LogP) is 6.16. The van der Waals surface area contributed by atoms with E-state index in [1.54, 1.807) is 6.20 Å². The number of hydrogen-bond donors (Lipinski definition) is 2. The fourth-order valence-corrected chi connectivity index (χ4v) is 4.90. The van der Waals surface area contributed by atoms with Gasteiger partial charge in [-0.25, -0.2) is 0 Å². The summed E-state index contributed by atoms with van der Waals surface area (Å²) in [4.78, 5) is 33.7. The largest absolute Gasteiger partial charge is 0.507 e. The first kappa shape index (κ1) is 24.4. The molecule has 2 N–H and O–H groups in total. The van der Waals surface area contributed by atoms with Crippen LogP contribution in [-0.2, 0) is 15.0 Å². The van der Waals surface area contributed by atoms with Gasteiger partial charge in [0.1, 0.15) is 5.76 Å². The number of hydrogen-bond acceptors (Lipinski definition) is 4. The highest BCUT2D eigenvalue weighted by Gasteiger charge is 2.47. The number of nitrogens with one attached hydrogen (secondary N) is 1. The third-order valence-corrected chi connectivity index (χ3v) is 7.03. The average Bonchev–Trinajstić information content (AvgIpc) is 3.42. The Morgan fingerprint density at radius 3 is 2.19 bits per heavy atom. The van der Waals surface area contributed by atoms with Crippen LogP contribution < -0.4 is 9.80 Å². The molecule has 0 aliphatic carbocycles. The molecular weight excluding hydrogens is 462 g/mol. The van der Waals surface area contributed by atoms with E-state index in [1.807, 2.05) is 91.8 Å². The second-order valence-corrected chi connectivity index (χ2v) is 10.7. The molecule has 1 aliphatic heterocycles. The molecule has 188 valence electrons. The van der Waals surface area contributed by atoms with Gasteiger partial charge in [0.25, 0.3) is 11.7 Å². The van der Waals surface area contributed by atoms with Gasteiger partial charge >= 0.3 is 0 Å². The molecule has 1 atom stereocenters. The van der Waals surface area contributed by atoms with E-state index in [0.717, 1.165) is 27.7 Å². The molecule has 0 radical (unpaired) electrons. The smallest absolute Gasteiger partial charge is 0.300 e. The number of carbonyl (C=O) groups excluding carboxylic acids is 2. The number of nitrogens with zero attached hydrogens (tertiary/aromatic N) is 2. The maximum Gasteiger partial charge on any atom is 0.300 e. The van der Waals surface area contributed by atoms with Crippen LogP contribution in [0.25, 0.3) is 16.7 Å². The van der Waals surface area contributed by atoms with Gasteiger partial charge in [-0.3, -0.25) is 14.5 Å². The van der Waals surface area contributed by atoms with Gasteiger partial charge in [0.2, 0.25) is 0 Å². The number of rotatable bonds is 4. The first-order chi connectivity index (χ1) is 17.6. The van der Waals surface area contributed by atoms with Crippen LogP contribution in [-0.4, -0.2) is 35.9 Å². The van der Waals surface area contributed by atoms with Crippen LogP contribution >= 0.6 is 0 Å². The monoisotopic (exact) mass is 493 g/mol. The summed E-state index contributed by atoms with van der Waals surface area (Å²) in [6, 6.07) is 22.2. The van der Waals surface area contributed by atoms with Gasteiger partial charge < -0.3 is 15.0 Å². The maximum absolute atomic E-state index is 13.5. The van der Waals surface area contributed by atoms with Crippen molar-refractivity contribution in [2.24, 2.45) is 0 Å². The molecule has 1 aromatic heterocycles. The zero-order valence-corrected chi connectivity index (χ0v) is 21.7. The van der Waals surface area contributed by atoms with Gasteiger partial charge in [0.15, 0.2) is 0 Å². The molecule has 1 fully saturated rings. The van der Waals surface area contributed by atoms with E-state index in [4.69, 9.17) is 0 Å². The Labute approximate surface area is 216 Å². The average molecular weight is 494 g/mol. The third-order valence-electron chi connectivity index (χ3n) is 7.03. The van der Waals surface area contributed by atoms with Gasteiger partial charge in [0.05, 0.1) is 11.6 Å². The maximum atomic E-state index is 13.5. The van der Waals surface area contributed by atoms with Crippen molar-refractivity contribution >= 4 is 39.7 Å². The molecule has 5 rings (SSSR count). The lowest BCUT2D eigenvalue weighted by atomic mass is 9.87. The number of benzene rings is 3. The van der Waals surface area contributed by atoms with E-state index in [-0.39, 0.29) is 16.7 Å². The molecule has 0 bridgehead atoms. The lowest BCUT2D eigenvalue weighted by molar-refractivity contribution is -0.132. The summed E-state index contributed by atoms with van der Waals surface area (Å²) in [7, 11) is 3.91. The number of anilines is 2. The Kier molecular flexibility index (Phi) is 5.91. The van der Waals surface area contributed by atoms with Gasteiger partial charge in [-0.1, -0.05) is 63.2 Å². The summed E-state index contributed by atoms with van der Waals surface area (Å²) in [5.74, 6) is -1.55. The van der Waals surface area contributed by atoms with Crippen LogP contribution in [0.2, 0.25) is 0 Å². The van der Waals surface area contributed by atoms with Crippen molar-refractivity contribution in [3.05, 3.63) is 101 Å². The molecule has 0 spiro atoms. The number of amides is 1. The highest BCUT2D eigenvalue weighted by atomic mass is 16.3. The van der Waals surface area contributed by atoms with Crippen molar-refractivity contribution in [1.82, 2.24) is 4.98 Å². The van der Waals surface area contributed by atoms with Crippen molar-refractivity contribution in [2.75, 3.05) is 23.9 Å². The molecule has 1 amide bonds. The van der Waals surface area contributed by atoms with Gasteiger partial charge in [-0.15, -0.1) is 0 Å². The molecule has 3 aromatic carbocycles. The van der Waals surface area contributed by atoms with Gasteiger partial charge in [-0.05, 0) is 46.9 Å². The van der Waals surface area contributed by atoms with Crippen LogP contribution in [0.3, 0.4) is 0 Å². The Hall–Kier alpha value is -4.32. The number of Topliss-reactive ketones (excluding diaryl/α,β-unsaturated/α-hetero) is 1. The Morgan fingerprint density at radius 2 is 1.57 bits per heavy atom. The fourth-order valence-electron chi connectivity index (χ4n) is 4.90. The van der Waals surface area contributed by atoms with Crippen LogP contribution in [0, 0.1) is 0 Å². The minimum Gasteiger partial charge on any atom is -0.507 e. The molecule has 1 aliphatic rings.